The summed E-state index contributed by atoms with van der Waals surface area (Å²) in [6.07, 6.45) is 6.75. The maximum Gasteiger partial charge on any atom is 0.0948 e. The van der Waals surface area contributed by atoms with Gasteiger partial charge in [-0.1, -0.05) is 6.92 Å². The lowest BCUT2D eigenvalue weighted by Gasteiger charge is -2.12. The third-order valence-corrected chi connectivity index (χ3v) is 3.93. The third-order valence-electron chi connectivity index (χ3n) is 3.93. The molecule has 1 N–H and O–H groups in total. The summed E-state index contributed by atoms with van der Waals surface area (Å²) < 4.78 is 2.38. The molecule has 1 aromatic rings. The topological polar surface area (TPSA) is 29.9 Å². The first kappa shape index (κ1) is 9.40. The molecule has 3 nitrogen and oxygen atoms in total. The highest BCUT2D eigenvalue weighted by atomic mass is 15.1. The molecule has 0 aromatic carbocycles. The Labute approximate surface area is 90.9 Å². The normalized spacial score (nSPS) is 34.6. The van der Waals surface area contributed by atoms with Crippen LogP contribution in [0.1, 0.15) is 31.4 Å². The van der Waals surface area contributed by atoms with Crippen molar-refractivity contribution < 1.29 is 0 Å². The molecule has 3 atom stereocenters. The fourth-order valence-corrected chi connectivity index (χ4v) is 2.64. The van der Waals surface area contributed by atoms with E-state index in [2.05, 4.69) is 28.0 Å². The van der Waals surface area contributed by atoms with Gasteiger partial charge in [0.15, 0.2) is 0 Å². The molecule has 15 heavy (non-hydrogen) atoms. The molecule has 82 valence electrons. The van der Waals surface area contributed by atoms with Gasteiger partial charge in [0.25, 0.3) is 0 Å². The van der Waals surface area contributed by atoms with Crippen LogP contribution in [0.5, 0.6) is 0 Å². The van der Waals surface area contributed by atoms with E-state index in [1.54, 1.807) is 0 Å². The molecular formula is C12H19N3. The van der Waals surface area contributed by atoms with Crippen molar-refractivity contribution in [1.29, 1.82) is 0 Å². The fraction of sp³-hybridized carbons (Fsp3) is 0.750. The second kappa shape index (κ2) is 3.63. The zero-order valence-electron chi connectivity index (χ0n) is 9.32. The number of hydrogen-bond acceptors (Lipinski definition) is 2. The van der Waals surface area contributed by atoms with Gasteiger partial charge < -0.3 is 9.88 Å². The van der Waals surface area contributed by atoms with Crippen molar-refractivity contribution in [2.24, 2.45) is 11.8 Å². The molecule has 0 spiro atoms. The van der Waals surface area contributed by atoms with E-state index in [9.17, 15) is 0 Å². The van der Waals surface area contributed by atoms with Crippen LogP contribution in [0.2, 0.25) is 0 Å². The van der Waals surface area contributed by atoms with Crippen molar-refractivity contribution in [3.8, 4) is 0 Å². The number of hydrogen-bond donors (Lipinski definition) is 1. The molecule has 0 radical (unpaired) electrons. The molecule has 1 saturated carbocycles. The number of nitrogens with zero attached hydrogens (tertiary/aromatic N) is 2. The van der Waals surface area contributed by atoms with E-state index >= 15 is 0 Å². The average molecular weight is 205 g/mol. The molecule has 1 aromatic heterocycles. The number of nitrogens with one attached hydrogen (secondary N) is 1. The number of rotatable bonds is 3. The van der Waals surface area contributed by atoms with Gasteiger partial charge in [0.2, 0.25) is 0 Å². The Morgan fingerprint density at radius 1 is 1.60 bits per heavy atom. The summed E-state index contributed by atoms with van der Waals surface area (Å²) in [7, 11) is 0. The molecule has 3 rings (SSSR count). The summed E-state index contributed by atoms with van der Waals surface area (Å²) in [5.41, 5.74) is 1.44. The predicted octanol–water partition coefficient (Wildman–Crippen LogP) is 1.62. The molecule has 3 heteroatoms. The molecule has 2 fully saturated rings. The van der Waals surface area contributed by atoms with Crippen LogP contribution in [0.4, 0.5) is 0 Å². The Hall–Kier alpha value is -0.830. The Morgan fingerprint density at radius 3 is 3.13 bits per heavy atom. The van der Waals surface area contributed by atoms with Crippen LogP contribution in [-0.2, 0) is 6.54 Å². The van der Waals surface area contributed by atoms with Crippen LogP contribution < -0.4 is 5.32 Å². The van der Waals surface area contributed by atoms with Crippen LogP contribution in [0, 0.1) is 11.8 Å². The first-order chi connectivity index (χ1) is 7.34. The highest BCUT2D eigenvalue weighted by Crippen LogP contribution is 2.39. The summed E-state index contributed by atoms with van der Waals surface area (Å²) in [5.74, 6) is 2.54. The molecular weight excluding hydrogens is 186 g/mol. The molecule has 1 saturated heterocycles. The largest absolute Gasteiger partial charge is 0.334 e. The maximum atomic E-state index is 4.31. The lowest BCUT2D eigenvalue weighted by Crippen LogP contribution is -2.12. The molecule has 1 aliphatic heterocycles. The Morgan fingerprint density at radius 2 is 2.47 bits per heavy atom. The van der Waals surface area contributed by atoms with Crippen molar-refractivity contribution in [3.63, 3.8) is 0 Å². The van der Waals surface area contributed by atoms with Crippen molar-refractivity contribution in [1.82, 2.24) is 14.9 Å². The monoisotopic (exact) mass is 205 g/mol. The molecule has 0 bridgehead atoms. The van der Waals surface area contributed by atoms with Crippen LogP contribution in [-0.4, -0.2) is 22.6 Å². The summed E-state index contributed by atoms with van der Waals surface area (Å²) in [4.78, 5) is 4.31. The Bertz CT molecular complexity index is 338. The van der Waals surface area contributed by atoms with E-state index in [-0.39, 0.29) is 0 Å². The number of aromatic nitrogens is 2. The zero-order chi connectivity index (χ0) is 10.3. The van der Waals surface area contributed by atoms with E-state index in [1.165, 1.54) is 25.1 Å². The van der Waals surface area contributed by atoms with Gasteiger partial charge in [-0.3, -0.25) is 0 Å². The van der Waals surface area contributed by atoms with E-state index in [1.807, 2.05) is 6.33 Å². The van der Waals surface area contributed by atoms with Crippen LogP contribution in [0.15, 0.2) is 12.5 Å². The molecule has 3 unspecified atom stereocenters. The second-order valence-corrected chi connectivity index (χ2v) is 5.13. The van der Waals surface area contributed by atoms with E-state index in [0.29, 0.717) is 5.92 Å². The first-order valence-corrected chi connectivity index (χ1v) is 6.05. The van der Waals surface area contributed by atoms with Gasteiger partial charge in [0.1, 0.15) is 0 Å². The minimum Gasteiger partial charge on any atom is -0.334 e. The lowest BCUT2D eigenvalue weighted by molar-refractivity contribution is 0.551. The van der Waals surface area contributed by atoms with Gasteiger partial charge in [-0.2, -0.15) is 0 Å². The first-order valence-electron chi connectivity index (χ1n) is 6.05. The van der Waals surface area contributed by atoms with Crippen LogP contribution in [0.3, 0.4) is 0 Å². The van der Waals surface area contributed by atoms with E-state index < -0.39 is 0 Å². The van der Waals surface area contributed by atoms with Crippen molar-refractivity contribution >= 4 is 0 Å². The molecule has 1 aliphatic carbocycles. The van der Waals surface area contributed by atoms with Gasteiger partial charge in [-0.05, 0) is 31.2 Å². The molecule has 0 amide bonds. The Kier molecular flexibility index (Phi) is 2.28. The predicted molar refractivity (Wildman–Crippen MR) is 59.7 cm³/mol. The van der Waals surface area contributed by atoms with Gasteiger partial charge >= 0.3 is 0 Å². The fourth-order valence-electron chi connectivity index (χ4n) is 2.64. The third kappa shape index (κ3) is 1.81. The molecule has 2 aliphatic rings. The van der Waals surface area contributed by atoms with Crippen molar-refractivity contribution in [3.05, 3.63) is 18.2 Å². The summed E-state index contributed by atoms with van der Waals surface area (Å²) in [6.45, 7) is 5.83. The second-order valence-electron chi connectivity index (χ2n) is 5.13. The maximum absolute atomic E-state index is 4.31. The van der Waals surface area contributed by atoms with E-state index in [4.69, 9.17) is 0 Å². The van der Waals surface area contributed by atoms with Gasteiger partial charge in [-0.25, -0.2) is 4.98 Å². The summed E-state index contributed by atoms with van der Waals surface area (Å²) in [6, 6.07) is 0. The molecule has 2 heterocycles. The lowest BCUT2D eigenvalue weighted by atomic mass is 10.1. The standard InChI is InChI=1S/C12H19N3/c1-9-4-11(9)7-15-8-14-6-12(15)10-2-3-13-5-10/h6,8-11,13H,2-5,7H2,1H3. The average Bonchev–Trinajstić information content (AvgIpc) is 2.72. The highest BCUT2D eigenvalue weighted by Gasteiger charge is 2.33. The zero-order valence-corrected chi connectivity index (χ0v) is 9.32. The van der Waals surface area contributed by atoms with Crippen LogP contribution in [0.25, 0.3) is 0 Å². The van der Waals surface area contributed by atoms with Crippen molar-refractivity contribution in [2.75, 3.05) is 13.1 Å². The quantitative estimate of drug-likeness (QED) is 0.812. The van der Waals surface area contributed by atoms with Crippen LogP contribution >= 0.6 is 0 Å². The SMILES string of the molecule is CC1CC1Cn1cncc1C1CCNC1. The van der Waals surface area contributed by atoms with Gasteiger partial charge in [0.05, 0.1) is 6.33 Å². The smallest absolute Gasteiger partial charge is 0.0948 e. The summed E-state index contributed by atoms with van der Waals surface area (Å²) >= 11 is 0. The van der Waals surface area contributed by atoms with E-state index in [0.717, 1.165) is 24.9 Å². The Balaban J connectivity index is 1.73. The highest BCUT2D eigenvalue weighted by molar-refractivity contribution is 5.09. The number of imidazole rings is 1. The van der Waals surface area contributed by atoms with Gasteiger partial charge in [-0.15, -0.1) is 0 Å². The minimum atomic E-state index is 0.696. The minimum absolute atomic E-state index is 0.696. The van der Waals surface area contributed by atoms with Crippen molar-refractivity contribution in [2.45, 2.75) is 32.2 Å². The summed E-state index contributed by atoms with van der Waals surface area (Å²) in [5, 5.41) is 3.42. The van der Waals surface area contributed by atoms with Gasteiger partial charge in [0, 0.05) is 30.9 Å².